The quantitative estimate of drug-likeness (QED) is 0.855. The number of halogens is 1. The van der Waals surface area contributed by atoms with Crippen molar-refractivity contribution in [1.82, 2.24) is 15.8 Å². The molecule has 6 heteroatoms. The van der Waals surface area contributed by atoms with Gasteiger partial charge in [-0.05, 0) is 26.3 Å². The van der Waals surface area contributed by atoms with Gasteiger partial charge in [0.05, 0.1) is 18.3 Å². The molecule has 0 radical (unpaired) electrons. The van der Waals surface area contributed by atoms with Gasteiger partial charge in [0.15, 0.2) is 5.76 Å². The Hall–Kier alpha value is -1.07. The third-order valence-electron chi connectivity index (χ3n) is 2.74. The Morgan fingerprint density at radius 3 is 3.06 bits per heavy atom. The normalized spacial score (nSPS) is 19.5. The summed E-state index contributed by atoms with van der Waals surface area (Å²) in [6.07, 6.45) is 3.19. The number of piperidine rings is 1. The second-order valence-electron chi connectivity index (χ2n) is 4.15. The van der Waals surface area contributed by atoms with E-state index in [0.29, 0.717) is 12.3 Å². The van der Waals surface area contributed by atoms with Crippen molar-refractivity contribution in [3.8, 4) is 0 Å². The Morgan fingerprint density at radius 2 is 2.47 bits per heavy atom. The summed E-state index contributed by atoms with van der Waals surface area (Å²) in [4.78, 5) is 11.7. The maximum Gasteiger partial charge on any atom is 0.237 e. The summed E-state index contributed by atoms with van der Waals surface area (Å²) in [6.45, 7) is 3.20. The molecule has 0 bridgehead atoms. The molecule has 0 aliphatic carbocycles. The standard InChI is InChI=1S/C11H17N3O2.ClH/c1-8-6-9(16-14-8)7-13-11(15)10-4-2-3-5-12-10;/h6,10,12H,2-5,7H2,1H3,(H,13,15);1H/t10-;/m0./s1. The zero-order chi connectivity index (χ0) is 11.4. The van der Waals surface area contributed by atoms with E-state index in [9.17, 15) is 4.79 Å². The van der Waals surface area contributed by atoms with Gasteiger partial charge >= 0.3 is 0 Å². The van der Waals surface area contributed by atoms with Crippen LogP contribution in [0.25, 0.3) is 0 Å². The zero-order valence-corrected chi connectivity index (χ0v) is 10.7. The summed E-state index contributed by atoms with van der Waals surface area (Å²) in [5, 5.41) is 9.81. The van der Waals surface area contributed by atoms with Gasteiger partial charge in [-0.15, -0.1) is 12.4 Å². The molecule has 0 unspecified atom stereocenters. The highest BCUT2D eigenvalue weighted by atomic mass is 35.5. The predicted molar refractivity (Wildman–Crippen MR) is 66.0 cm³/mol. The molecule has 1 aromatic rings. The lowest BCUT2D eigenvalue weighted by atomic mass is 10.0. The minimum atomic E-state index is -0.0437. The third kappa shape index (κ3) is 4.02. The van der Waals surface area contributed by atoms with Gasteiger partial charge in [0.25, 0.3) is 0 Å². The van der Waals surface area contributed by atoms with Gasteiger partial charge in [0, 0.05) is 6.07 Å². The third-order valence-corrected chi connectivity index (χ3v) is 2.74. The van der Waals surface area contributed by atoms with Crippen molar-refractivity contribution in [2.45, 2.75) is 38.8 Å². The molecule has 5 nitrogen and oxygen atoms in total. The van der Waals surface area contributed by atoms with Crippen LogP contribution < -0.4 is 10.6 Å². The van der Waals surface area contributed by atoms with E-state index >= 15 is 0 Å². The van der Waals surface area contributed by atoms with E-state index in [1.54, 1.807) is 0 Å². The van der Waals surface area contributed by atoms with Crippen LogP contribution >= 0.6 is 12.4 Å². The molecule has 1 amide bonds. The fraction of sp³-hybridized carbons (Fsp3) is 0.636. The Bertz CT molecular complexity index is 361. The Labute approximate surface area is 107 Å². The molecule has 0 spiro atoms. The largest absolute Gasteiger partial charge is 0.359 e. The summed E-state index contributed by atoms with van der Waals surface area (Å²) in [7, 11) is 0. The highest BCUT2D eigenvalue weighted by Crippen LogP contribution is 2.07. The molecule has 1 atom stereocenters. The lowest BCUT2D eigenvalue weighted by Gasteiger charge is -2.22. The molecule has 1 fully saturated rings. The topological polar surface area (TPSA) is 67.2 Å². The van der Waals surface area contributed by atoms with Gasteiger partial charge in [0.2, 0.25) is 5.91 Å². The zero-order valence-electron chi connectivity index (χ0n) is 9.86. The van der Waals surface area contributed by atoms with Gasteiger partial charge in [0.1, 0.15) is 0 Å². The molecule has 1 aliphatic rings. The SMILES string of the molecule is Cc1cc(CNC(=O)[C@@H]2CCCCN2)on1.Cl. The van der Waals surface area contributed by atoms with E-state index in [1.807, 2.05) is 13.0 Å². The summed E-state index contributed by atoms with van der Waals surface area (Å²) in [5.74, 6) is 0.746. The Morgan fingerprint density at radius 1 is 1.65 bits per heavy atom. The number of amides is 1. The summed E-state index contributed by atoms with van der Waals surface area (Å²) in [5.41, 5.74) is 0.833. The van der Waals surface area contributed by atoms with Crippen LogP contribution in [0.1, 0.15) is 30.7 Å². The van der Waals surface area contributed by atoms with E-state index < -0.39 is 0 Å². The molecular formula is C11H18ClN3O2. The molecule has 1 aliphatic heterocycles. The first kappa shape index (κ1) is 14.0. The number of carbonyl (C=O) groups excluding carboxylic acids is 1. The van der Waals surface area contributed by atoms with E-state index in [-0.39, 0.29) is 24.4 Å². The van der Waals surface area contributed by atoms with Crippen molar-refractivity contribution in [3.05, 3.63) is 17.5 Å². The van der Waals surface area contributed by atoms with Gasteiger partial charge in [-0.1, -0.05) is 11.6 Å². The average molecular weight is 260 g/mol. The Balaban J connectivity index is 0.00000144. The molecule has 96 valence electrons. The molecule has 2 heterocycles. The summed E-state index contributed by atoms with van der Waals surface area (Å²) in [6, 6.07) is 1.78. The average Bonchev–Trinajstić information content (AvgIpc) is 2.73. The first-order valence-corrected chi connectivity index (χ1v) is 5.69. The first-order valence-electron chi connectivity index (χ1n) is 5.69. The van der Waals surface area contributed by atoms with Crippen LogP contribution in [0.3, 0.4) is 0 Å². The van der Waals surface area contributed by atoms with Gasteiger partial charge in [-0.3, -0.25) is 4.79 Å². The predicted octanol–water partition coefficient (Wildman–Crippen LogP) is 1.16. The smallest absolute Gasteiger partial charge is 0.237 e. The van der Waals surface area contributed by atoms with Crippen molar-refractivity contribution < 1.29 is 9.32 Å². The molecule has 2 rings (SSSR count). The van der Waals surface area contributed by atoms with Crippen molar-refractivity contribution in [3.63, 3.8) is 0 Å². The van der Waals surface area contributed by atoms with E-state index in [1.165, 1.54) is 0 Å². The van der Waals surface area contributed by atoms with Crippen molar-refractivity contribution >= 4 is 18.3 Å². The van der Waals surface area contributed by atoms with Crippen LogP contribution in [0.5, 0.6) is 0 Å². The second kappa shape index (κ2) is 6.61. The number of hydrogen-bond donors (Lipinski definition) is 2. The molecular weight excluding hydrogens is 242 g/mol. The maximum atomic E-state index is 11.7. The number of hydrogen-bond acceptors (Lipinski definition) is 4. The van der Waals surface area contributed by atoms with E-state index in [4.69, 9.17) is 4.52 Å². The minimum absolute atomic E-state index is 0. The maximum absolute atomic E-state index is 11.7. The van der Waals surface area contributed by atoms with Crippen LogP contribution in [0.4, 0.5) is 0 Å². The van der Waals surface area contributed by atoms with Crippen LogP contribution in [-0.2, 0) is 11.3 Å². The fourth-order valence-electron chi connectivity index (χ4n) is 1.87. The number of aryl methyl sites for hydroxylation is 1. The number of aromatic nitrogens is 1. The van der Waals surface area contributed by atoms with Gasteiger partial charge in [-0.25, -0.2) is 0 Å². The number of rotatable bonds is 3. The summed E-state index contributed by atoms with van der Waals surface area (Å²) < 4.78 is 5.02. The Kier molecular flexibility index (Phi) is 5.44. The van der Waals surface area contributed by atoms with Crippen molar-refractivity contribution in [1.29, 1.82) is 0 Å². The first-order chi connectivity index (χ1) is 7.75. The van der Waals surface area contributed by atoms with Crippen molar-refractivity contribution in [2.24, 2.45) is 0 Å². The lowest BCUT2D eigenvalue weighted by Crippen LogP contribution is -2.46. The van der Waals surface area contributed by atoms with Crippen LogP contribution in [0, 0.1) is 6.92 Å². The lowest BCUT2D eigenvalue weighted by molar-refractivity contribution is -0.123. The monoisotopic (exact) mass is 259 g/mol. The fourth-order valence-corrected chi connectivity index (χ4v) is 1.87. The number of carbonyl (C=O) groups is 1. The molecule has 0 saturated carbocycles. The van der Waals surface area contributed by atoms with E-state index in [2.05, 4.69) is 15.8 Å². The van der Waals surface area contributed by atoms with Crippen LogP contribution in [0.2, 0.25) is 0 Å². The molecule has 17 heavy (non-hydrogen) atoms. The molecule has 1 saturated heterocycles. The van der Waals surface area contributed by atoms with Crippen molar-refractivity contribution in [2.75, 3.05) is 6.54 Å². The second-order valence-corrected chi connectivity index (χ2v) is 4.15. The molecule has 1 aromatic heterocycles. The van der Waals surface area contributed by atoms with Crippen LogP contribution in [0.15, 0.2) is 10.6 Å². The highest BCUT2D eigenvalue weighted by Gasteiger charge is 2.20. The van der Waals surface area contributed by atoms with Crippen LogP contribution in [-0.4, -0.2) is 23.7 Å². The van der Waals surface area contributed by atoms with E-state index in [0.717, 1.165) is 31.5 Å². The van der Waals surface area contributed by atoms with Gasteiger partial charge < -0.3 is 15.2 Å². The highest BCUT2D eigenvalue weighted by molar-refractivity contribution is 5.85. The number of nitrogens with zero attached hydrogens (tertiary/aromatic N) is 1. The summed E-state index contributed by atoms with van der Waals surface area (Å²) >= 11 is 0. The number of nitrogens with one attached hydrogen (secondary N) is 2. The van der Waals surface area contributed by atoms with Gasteiger partial charge in [-0.2, -0.15) is 0 Å². The molecule has 2 N–H and O–H groups in total. The molecule has 0 aromatic carbocycles. The minimum Gasteiger partial charge on any atom is -0.359 e.